The molecule has 0 N–H and O–H groups in total. The molecule has 6 nitrogen and oxygen atoms in total. The predicted octanol–water partition coefficient (Wildman–Crippen LogP) is 2.49. The summed E-state index contributed by atoms with van der Waals surface area (Å²) in [5.74, 6) is 0.412. The largest absolute Gasteiger partial charge is 0.379 e. The van der Waals surface area contributed by atoms with Gasteiger partial charge in [0.15, 0.2) is 0 Å². The van der Waals surface area contributed by atoms with Crippen molar-refractivity contribution in [1.29, 1.82) is 0 Å². The Kier molecular flexibility index (Phi) is 4.55. The summed E-state index contributed by atoms with van der Waals surface area (Å²) in [4.78, 5) is 25.7. The number of benzene rings is 1. The number of rotatable bonds is 2. The molecule has 2 aliphatic heterocycles. The fraction of sp³-hybridized carbons (Fsp3) is 0.450. The van der Waals surface area contributed by atoms with Crippen LogP contribution in [0.4, 0.5) is 16.0 Å². The number of nitrogens with zero attached hydrogens (tertiary/aromatic N) is 4. The van der Waals surface area contributed by atoms with Crippen LogP contribution in [0, 0.1) is 25.1 Å². The van der Waals surface area contributed by atoms with Gasteiger partial charge in [0, 0.05) is 48.5 Å². The molecule has 4 rings (SSSR count). The lowest BCUT2D eigenvalue weighted by molar-refractivity contribution is -0.118. The Balaban J connectivity index is 1.60. The van der Waals surface area contributed by atoms with Gasteiger partial charge in [0.1, 0.15) is 5.82 Å². The molecule has 1 atom stereocenters. The van der Waals surface area contributed by atoms with Crippen molar-refractivity contribution >= 4 is 17.5 Å². The highest BCUT2D eigenvalue weighted by molar-refractivity contribution is 5.96. The molecular weight excluding hydrogens is 347 g/mol. The number of aryl methyl sites for hydroxylation is 2. The molecule has 0 radical (unpaired) electrons. The van der Waals surface area contributed by atoms with Crippen LogP contribution in [0.5, 0.6) is 0 Å². The van der Waals surface area contributed by atoms with Gasteiger partial charge in [0.2, 0.25) is 11.9 Å². The monoisotopic (exact) mass is 370 g/mol. The van der Waals surface area contributed by atoms with E-state index in [4.69, 9.17) is 4.74 Å². The molecule has 1 spiro atoms. The van der Waals surface area contributed by atoms with Crippen molar-refractivity contribution in [2.45, 2.75) is 20.3 Å². The Morgan fingerprint density at radius 3 is 2.52 bits per heavy atom. The Hall–Kier alpha value is -2.54. The molecule has 2 fully saturated rings. The second-order valence-electron chi connectivity index (χ2n) is 7.56. The first-order valence-corrected chi connectivity index (χ1v) is 9.15. The van der Waals surface area contributed by atoms with Crippen molar-refractivity contribution < 1.29 is 13.9 Å². The normalized spacial score (nSPS) is 23.1. The van der Waals surface area contributed by atoms with E-state index in [0.29, 0.717) is 45.2 Å². The summed E-state index contributed by atoms with van der Waals surface area (Å²) in [6.45, 7) is 6.88. The summed E-state index contributed by atoms with van der Waals surface area (Å²) < 4.78 is 19.1. The number of hydrogen-bond acceptors (Lipinski definition) is 5. The van der Waals surface area contributed by atoms with Crippen molar-refractivity contribution in [2.24, 2.45) is 5.41 Å². The molecule has 0 saturated carbocycles. The smallest absolute Gasteiger partial charge is 0.227 e. The van der Waals surface area contributed by atoms with Crippen LogP contribution in [0.15, 0.2) is 30.3 Å². The highest BCUT2D eigenvalue weighted by Gasteiger charge is 2.46. The molecule has 3 heterocycles. The zero-order valence-electron chi connectivity index (χ0n) is 15.6. The Labute approximate surface area is 158 Å². The molecule has 1 amide bonds. The minimum Gasteiger partial charge on any atom is -0.379 e. The van der Waals surface area contributed by atoms with E-state index in [0.717, 1.165) is 17.1 Å². The molecule has 0 bridgehead atoms. The van der Waals surface area contributed by atoms with Gasteiger partial charge in [-0.1, -0.05) is 0 Å². The molecule has 27 heavy (non-hydrogen) atoms. The third-order valence-corrected chi connectivity index (χ3v) is 5.15. The first-order chi connectivity index (χ1) is 12.9. The van der Waals surface area contributed by atoms with Crippen LogP contribution in [0.25, 0.3) is 0 Å². The number of hydrogen-bond donors (Lipinski definition) is 0. The highest BCUT2D eigenvalue weighted by Crippen LogP contribution is 2.37. The Bertz CT molecular complexity index is 837. The van der Waals surface area contributed by atoms with Gasteiger partial charge in [0.25, 0.3) is 0 Å². The lowest BCUT2D eigenvalue weighted by atomic mass is 9.87. The molecule has 0 aliphatic carbocycles. The van der Waals surface area contributed by atoms with Crippen molar-refractivity contribution in [2.75, 3.05) is 42.6 Å². The minimum atomic E-state index is -0.330. The second-order valence-corrected chi connectivity index (χ2v) is 7.56. The number of ether oxygens (including phenoxy) is 1. The van der Waals surface area contributed by atoms with E-state index in [2.05, 4.69) is 14.9 Å². The van der Waals surface area contributed by atoms with Crippen LogP contribution in [0.3, 0.4) is 0 Å². The first-order valence-electron chi connectivity index (χ1n) is 9.15. The number of carbonyl (C=O) groups is 1. The number of aromatic nitrogens is 2. The zero-order chi connectivity index (χ0) is 19.0. The van der Waals surface area contributed by atoms with Gasteiger partial charge in [-0.05, 0) is 44.2 Å². The standard InChI is InChI=1S/C20H23FN4O2/c1-14-9-15(2)23-19(22-14)24-7-8-27-13-20(11-24)10-18(26)25(12-20)17-5-3-16(21)4-6-17/h3-6,9H,7-8,10-13H2,1-2H3. The molecule has 2 aromatic rings. The fourth-order valence-corrected chi connectivity index (χ4v) is 3.97. The van der Waals surface area contributed by atoms with Crippen LogP contribution >= 0.6 is 0 Å². The van der Waals surface area contributed by atoms with Crippen molar-refractivity contribution in [3.05, 3.63) is 47.5 Å². The van der Waals surface area contributed by atoms with Gasteiger partial charge in [-0.25, -0.2) is 14.4 Å². The number of carbonyl (C=O) groups excluding carboxylic acids is 1. The molecule has 142 valence electrons. The van der Waals surface area contributed by atoms with Gasteiger partial charge < -0.3 is 14.5 Å². The minimum absolute atomic E-state index is 0.0356. The topological polar surface area (TPSA) is 58.6 Å². The lowest BCUT2D eigenvalue weighted by Crippen LogP contribution is -2.41. The summed E-state index contributed by atoms with van der Waals surface area (Å²) >= 11 is 0. The summed E-state index contributed by atoms with van der Waals surface area (Å²) in [5, 5.41) is 0. The van der Waals surface area contributed by atoms with E-state index >= 15 is 0 Å². The maximum Gasteiger partial charge on any atom is 0.227 e. The number of amides is 1. The Morgan fingerprint density at radius 2 is 1.81 bits per heavy atom. The molecule has 1 aromatic heterocycles. The maximum atomic E-state index is 13.2. The van der Waals surface area contributed by atoms with Gasteiger partial charge in [-0.2, -0.15) is 0 Å². The van der Waals surface area contributed by atoms with E-state index in [-0.39, 0.29) is 17.1 Å². The number of anilines is 2. The van der Waals surface area contributed by atoms with E-state index in [9.17, 15) is 9.18 Å². The van der Waals surface area contributed by atoms with Crippen molar-refractivity contribution in [3.8, 4) is 0 Å². The van der Waals surface area contributed by atoms with Crippen LogP contribution in [-0.2, 0) is 9.53 Å². The van der Waals surface area contributed by atoms with Gasteiger partial charge >= 0.3 is 0 Å². The second kappa shape index (κ2) is 6.88. The van der Waals surface area contributed by atoms with Crippen LogP contribution in [0.1, 0.15) is 17.8 Å². The third kappa shape index (κ3) is 3.64. The third-order valence-electron chi connectivity index (χ3n) is 5.15. The van der Waals surface area contributed by atoms with Crippen LogP contribution < -0.4 is 9.80 Å². The summed E-state index contributed by atoms with van der Waals surface area (Å²) in [6.07, 6.45) is 0.395. The molecular formula is C20H23FN4O2. The maximum absolute atomic E-state index is 13.2. The van der Waals surface area contributed by atoms with E-state index < -0.39 is 0 Å². The van der Waals surface area contributed by atoms with Gasteiger partial charge in [-0.15, -0.1) is 0 Å². The Morgan fingerprint density at radius 1 is 1.11 bits per heavy atom. The summed E-state index contributed by atoms with van der Waals surface area (Å²) in [7, 11) is 0. The average molecular weight is 370 g/mol. The summed E-state index contributed by atoms with van der Waals surface area (Å²) in [5.41, 5.74) is 2.24. The van der Waals surface area contributed by atoms with Crippen LogP contribution in [-0.4, -0.2) is 48.7 Å². The van der Waals surface area contributed by atoms with Crippen LogP contribution in [0.2, 0.25) is 0 Å². The van der Waals surface area contributed by atoms with Crippen molar-refractivity contribution in [1.82, 2.24) is 9.97 Å². The molecule has 2 aliphatic rings. The zero-order valence-corrected chi connectivity index (χ0v) is 15.6. The number of halogens is 1. The SMILES string of the molecule is Cc1cc(C)nc(N2CCOCC3(CC(=O)N(c4ccc(F)cc4)C3)C2)n1. The van der Waals surface area contributed by atoms with Gasteiger partial charge in [0.05, 0.1) is 13.2 Å². The molecule has 7 heteroatoms. The quantitative estimate of drug-likeness (QED) is 0.813. The molecule has 2 saturated heterocycles. The first kappa shape index (κ1) is 17.9. The predicted molar refractivity (Wildman–Crippen MR) is 100 cm³/mol. The van der Waals surface area contributed by atoms with Gasteiger partial charge in [-0.3, -0.25) is 4.79 Å². The van der Waals surface area contributed by atoms with E-state index in [1.54, 1.807) is 17.0 Å². The highest BCUT2D eigenvalue weighted by atomic mass is 19.1. The van der Waals surface area contributed by atoms with E-state index in [1.165, 1.54) is 12.1 Å². The lowest BCUT2D eigenvalue weighted by Gasteiger charge is -2.31. The van der Waals surface area contributed by atoms with E-state index in [1.807, 2.05) is 19.9 Å². The fourth-order valence-electron chi connectivity index (χ4n) is 3.97. The average Bonchev–Trinajstić information content (AvgIpc) is 2.80. The molecule has 1 aromatic carbocycles. The van der Waals surface area contributed by atoms with Crippen molar-refractivity contribution in [3.63, 3.8) is 0 Å². The summed E-state index contributed by atoms with van der Waals surface area (Å²) in [6, 6.07) is 8.01. The molecule has 1 unspecified atom stereocenters.